The monoisotopic (exact) mass is 756 g/mol. The van der Waals surface area contributed by atoms with Crippen LogP contribution in [0.1, 0.15) is 11.1 Å². The van der Waals surface area contributed by atoms with E-state index in [2.05, 4.69) is 10.6 Å². The first-order chi connectivity index (χ1) is 24.0. The van der Waals surface area contributed by atoms with Gasteiger partial charge in [0.15, 0.2) is 0 Å². The van der Waals surface area contributed by atoms with E-state index in [0.29, 0.717) is 22.5 Å². The summed E-state index contributed by atoms with van der Waals surface area (Å²) >= 11 is 0. The first-order valence-electron chi connectivity index (χ1n) is 16.0. The number of methoxy groups -OCH3 is 2. The van der Waals surface area contributed by atoms with Crippen molar-refractivity contribution in [2.45, 2.75) is 54.9 Å². The van der Waals surface area contributed by atoms with Crippen molar-refractivity contribution in [2.75, 3.05) is 52.2 Å². The fourth-order valence-corrected chi connectivity index (χ4v) is 17.9. The van der Waals surface area contributed by atoms with E-state index in [1.165, 1.54) is 55.4 Å². The summed E-state index contributed by atoms with van der Waals surface area (Å²) in [4.78, 5) is 58.8. The average Bonchev–Trinajstić information content (AvgIpc) is 3.77. The molecule has 0 aliphatic carbocycles. The van der Waals surface area contributed by atoms with Crippen molar-refractivity contribution in [1.82, 2.24) is 19.6 Å². The summed E-state index contributed by atoms with van der Waals surface area (Å²) in [6.07, 6.45) is -5.50. The fourth-order valence-electron chi connectivity index (χ4n) is 10.4. The van der Waals surface area contributed by atoms with Crippen LogP contribution in [-0.4, -0.2) is 139 Å². The van der Waals surface area contributed by atoms with E-state index in [-0.39, 0.29) is 13.2 Å². The van der Waals surface area contributed by atoms with E-state index in [9.17, 15) is 19.8 Å². The Bertz CT molecular complexity index is 1840. The van der Waals surface area contributed by atoms with Gasteiger partial charge in [0.25, 0.3) is 23.6 Å². The van der Waals surface area contributed by atoms with Crippen molar-refractivity contribution in [2.24, 2.45) is 0 Å². The van der Waals surface area contributed by atoms with E-state index >= 15 is 9.59 Å². The molecule has 4 amide bonds. The number of hydrogen-bond donors (Lipinski definition) is 4. The van der Waals surface area contributed by atoms with Crippen LogP contribution < -0.4 is 10.6 Å². The maximum Gasteiger partial charge on any atom is 0.265 e. The summed E-state index contributed by atoms with van der Waals surface area (Å²) in [7, 11) is 10.6. The minimum Gasteiger partial charge on any atom is -0.388 e. The number of carbonyl (C=O) groups excluding carboxylic acids is 4. The molecule has 10 atom stereocenters. The average molecular weight is 757 g/mol. The zero-order valence-corrected chi connectivity index (χ0v) is 30.4. The highest BCUT2D eigenvalue weighted by atomic mass is 33.1. The molecule has 4 N–H and O–H groups in total. The number of amides is 4. The van der Waals surface area contributed by atoms with Gasteiger partial charge in [-0.2, -0.15) is 0 Å². The Morgan fingerprint density at radius 3 is 1.40 bits per heavy atom. The lowest BCUT2D eigenvalue weighted by molar-refractivity contribution is -0.170. The van der Waals surface area contributed by atoms with E-state index in [1.54, 1.807) is 14.1 Å². The molecule has 4 bridgehead atoms. The number of para-hydroxylation sites is 2. The Morgan fingerprint density at radius 2 is 1.02 bits per heavy atom. The van der Waals surface area contributed by atoms with Gasteiger partial charge >= 0.3 is 0 Å². The molecule has 50 heavy (non-hydrogen) atoms. The minimum atomic E-state index is -1.84. The van der Waals surface area contributed by atoms with Gasteiger partial charge in [-0.15, -0.1) is 0 Å². The van der Waals surface area contributed by atoms with Crippen molar-refractivity contribution >= 4 is 78.2 Å². The third-order valence-electron chi connectivity index (χ3n) is 12.4. The molecule has 8 saturated heterocycles. The van der Waals surface area contributed by atoms with Crippen LogP contribution in [0.2, 0.25) is 0 Å². The number of nitrogens with one attached hydrogen (secondary N) is 2. The molecular formula is C32H32N6O8S4. The maximum absolute atomic E-state index is 15.0. The summed E-state index contributed by atoms with van der Waals surface area (Å²) in [5.41, 5.74) is -1.09. The van der Waals surface area contributed by atoms with Crippen molar-refractivity contribution in [3.8, 4) is 0 Å². The number of rotatable bonds is 5. The number of ether oxygens (including phenoxy) is 2. The molecule has 4 unspecified atom stereocenters. The lowest BCUT2D eigenvalue weighted by Crippen LogP contribution is -2.79. The van der Waals surface area contributed by atoms with Crippen LogP contribution in [0.4, 0.5) is 11.4 Å². The van der Waals surface area contributed by atoms with Crippen LogP contribution in [0, 0.1) is 0 Å². The van der Waals surface area contributed by atoms with Gasteiger partial charge in [-0.1, -0.05) is 36.4 Å². The highest BCUT2D eigenvalue weighted by Crippen LogP contribution is 2.78. The standard InChI is InChI=1S/C32H32N6O8S4/c1-35-25(43)31-19(39)29(15-9-5-7-11-17(15)33-21(29)37(31)23(41)27(35,13-45-3)47-49-31)30-16-10-6-8-12-18(16)34-22(30)38-24(42)28(14-46-4)36(2)26(44)32(38,20(30)40)50-48-28/h5-12,19-22,33-34,39-40H,13-14H2,1-4H3/t19?,20?,21-,22-,27-,28-,29?,30?,31-,32-/m0/s1. The van der Waals surface area contributed by atoms with Crippen LogP contribution in [-0.2, 0) is 39.5 Å². The van der Waals surface area contributed by atoms with Crippen LogP contribution in [0.15, 0.2) is 48.5 Å². The Labute approximate surface area is 302 Å². The zero-order valence-electron chi connectivity index (χ0n) is 27.1. The summed E-state index contributed by atoms with van der Waals surface area (Å²) < 4.78 is 11.1. The molecule has 262 valence electrons. The Hall–Kier alpha value is -2.84. The summed E-state index contributed by atoms with van der Waals surface area (Å²) in [5.74, 6) is -1.82. The third-order valence-corrected chi connectivity index (χ3v) is 19.6. The van der Waals surface area contributed by atoms with Gasteiger partial charge < -0.3 is 40.1 Å². The highest BCUT2D eigenvalue weighted by Gasteiger charge is 2.93. The second kappa shape index (κ2) is 9.57. The number of aliphatic hydroxyl groups is 2. The number of hydrogen-bond acceptors (Lipinski definition) is 14. The van der Waals surface area contributed by atoms with Crippen molar-refractivity contribution in [3.05, 3.63) is 59.7 Å². The van der Waals surface area contributed by atoms with Crippen molar-refractivity contribution in [3.63, 3.8) is 0 Å². The molecule has 10 aliphatic heterocycles. The predicted molar refractivity (Wildman–Crippen MR) is 187 cm³/mol. The van der Waals surface area contributed by atoms with Crippen molar-refractivity contribution in [1.29, 1.82) is 0 Å². The largest absolute Gasteiger partial charge is 0.388 e. The van der Waals surface area contributed by atoms with E-state index in [1.807, 2.05) is 48.5 Å². The first-order valence-corrected chi connectivity index (χ1v) is 20.3. The molecule has 2 aromatic rings. The molecular weight excluding hydrogens is 725 g/mol. The SMILES string of the molecule is COC[C@@]12SS[C@]3(C(=O)N1C)C(O)C1(C45c6ccccc6N[C@H]4N4C(=O)[C@]6(COC)SS[C@]4(C(=O)N6C)C5O)c4ccccc4N[C@H]1N3C2=O. The minimum absolute atomic E-state index is 0.0937. The first kappa shape index (κ1) is 31.9. The van der Waals surface area contributed by atoms with Gasteiger partial charge in [0.1, 0.15) is 24.5 Å². The van der Waals surface area contributed by atoms with Crippen LogP contribution in [0.25, 0.3) is 0 Å². The quantitative estimate of drug-likeness (QED) is 0.314. The number of piperazine rings is 2. The number of aliphatic hydroxyl groups excluding tert-OH is 2. The van der Waals surface area contributed by atoms with E-state index in [4.69, 9.17) is 9.47 Å². The van der Waals surface area contributed by atoms with Crippen LogP contribution in [0.3, 0.4) is 0 Å². The van der Waals surface area contributed by atoms with Gasteiger partial charge in [-0.25, -0.2) is 0 Å². The summed E-state index contributed by atoms with van der Waals surface area (Å²) in [6, 6.07) is 14.6. The predicted octanol–water partition coefficient (Wildman–Crippen LogP) is 0.584. The third kappa shape index (κ3) is 2.77. The molecule has 8 fully saturated rings. The normalized spacial score (nSPS) is 44.2. The molecule has 0 saturated carbocycles. The highest BCUT2D eigenvalue weighted by molar-refractivity contribution is 8.78. The molecule has 0 aromatic heterocycles. The molecule has 0 radical (unpaired) electrons. The van der Waals surface area contributed by atoms with Gasteiger partial charge in [-0.05, 0) is 66.4 Å². The number of nitrogens with zero attached hydrogens (tertiary/aromatic N) is 4. The molecule has 2 spiro atoms. The van der Waals surface area contributed by atoms with Gasteiger partial charge in [0.2, 0.25) is 19.5 Å². The number of anilines is 2. The fraction of sp³-hybridized carbons (Fsp3) is 0.500. The topological polar surface area (TPSA) is 164 Å². The van der Waals surface area contributed by atoms with Crippen molar-refractivity contribution < 1.29 is 38.9 Å². The zero-order chi connectivity index (χ0) is 35.0. The van der Waals surface area contributed by atoms with Gasteiger partial charge in [0.05, 0.1) is 24.0 Å². The molecule has 18 heteroatoms. The Morgan fingerprint density at radius 1 is 0.640 bits per heavy atom. The molecule has 12 rings (SSSR count). The number of benzene rings is 2. The smallest absolute Gasteiger partial charge is 0.265 e. The summed E-state index contributed by atoms with van der Waals surface area (Å²) in [5, 5.41) is 33.9. The second-order valence-electron chi connectivity index (χ2n) is 14.0. The van der Waals surface area contributed by atoms with E-state index in [0.717, 1.165) is 21.6 Å². The van der Waals surface area contributed by atoms with Gasteiger partial charge in [0, 0.05) is 39.7 Å². The second-order valence-corrected chi connectivity index (χ2v) is 19.2. The summed E-state index contributed by atoms with van der Waals surface area (Å²) in [6.45, 7) is -0.187. The Kier molecular flexibility index (Phi) is 6.10. The maximum atomic E-state index is 15.0. The van der Waals surface area contributed by atoms with Crippen LogP contribution >= 0.6 is 43.2 Å². The lowest BCUT2D eigenvalue weighted by Gasteiger charge is -2.58. The molecule has 2 aromatic carbocycles. The number of likely N-dealkylation sites (N-methyl/N-ethyl adjacent to an activating group) is 2. The molecule has 14 nitrogen and oxygen atoms in total. The lowest BCUT2D eigenvalue weighted by atomic mass is 9.52. The number of carbonyl (C=O) groups is 4. The molecule has 10 heterocycles. The number of fused-ring (bicyclic) bond motifs is 11. The van der Waals surface area contributed by atoms with Crippen LogP contribution in [0.5, 0.6) is 0 Å². The molecule has 10 aliphatic rings. The van der Waals surface area contributed by atoms with E-state index < -0.39 is 78.5 Å². The van der Waals surface area contributed by atoms with Gasteiger partial charge in [-0.3, -0.25) is 29.0 Å². The Balaban J connectivity index is 1.32.